The smallest absolute Gasteiger partial charge is 0.252 e. The van der Waals surface area contributed by atoms with Crippen LogP contribution in [0.3, 0.4) is 0 Å². The van der Waals surface area contributed by atoms with E-state index in [0.29, 0.717) is 25.3 Å². The molecule has 1 amide bonds. The normalized spacial score (nSPS) is 10.8. The van der Waals surface area contributed by atoms with Crippen molar-refractivity contribution in [3.63, 3.8) is 0 Å². The highest BCUT2D eigenvalue weighted by Gasteiger charge is 2.11. The molecule has 1 aromatic heterocycles. The van der Waals surface area contributed by atoms with Gasteiger partial charge < -0.3 is 10.1 Å². The predicted molar refractivity (Wildman–Crippen MR) is 114 cm³/mol. The maximum atomic E-state index is 12.8. The van der Waals surface area contributed by atoms with Crippen LogP contribution < -0.4 is 5.32 Å². The highest BCUT2D eigenvalue weighted by molar-refractivity contribution is 6.06. The number of nitrogens with zero attached hydrogens (tertiary/aromatic N) is 1. The van der Waals surface area contributed by atoms with Gasteiger partial charge in [-0.3, -0.25) is 9.78 Å². The van der Waals surface area contributed by atoms with Gasteiger partial charge in [-0.15, -0.1) is 0 Å². The standard InChI is InChI=1S/C25H22N2O2/c28-25(23-12-6-14-24-22(23)13-7-15-26-24)27-16-20-10-4-5-11-21(20)18-29-17-19-8-2-1-3-9-19/h1-15H,16-18H2,(H,27,28). The average Bonchev–Trinajstić information content (AvgIpc) is 2.78. The Bertz CT molecular complexity index is 1100. The number of nitrogens with one attached hydrogen (secondary N) is 1. The number of benzene rings is 3. The van der Waals surface area contributed by atoms with E-state index in [1.807, 2.05) is 84.9 Å². The van der Waals surface area contributed by atoms with Crippen LogP contribution in [0.25, 0.3) is 10.9 Å². The molecule has 0 fully saturated rings. The van der Waals surface area contributed by atoms with Gasteiger partial charge in [0.25, 0.3) is 5.91 Å². The lowest BCUT2D eigenvalue weighted by Crippen LogP contribution is -2.23. The third-order valence-corrected chi connectivity index (χ3v) is 4.82. The number of hydrogen-bond acceptors (Lipinski definition) is 3. The van der Waals surface area contributed by atoms with Crippen molar-refractivity contribution in [2.45, 2.75) is 19.8 Å². The maximum Gasteiger partial charge on any atom is 0.252 e. The third kappa shape index (κ3) is 4.68. The Morgan fingerprint density at radius 1 is 0.793 bits per heavy atom. The molecule has 0 bridgehead atoms. The second-order valence-electron chi connectivity index (χ2n) is 6.81. The van der Waals surface area contributed by atoms with Crippen LogP contribution in [0.5, 0.6) is 0 Å². The van der Waals surface area contributed by atoms with Gasteiger partial charge in [0, 0.05) is 23.7 Å². The summed E-state index contributed by atoms with van der Waals surface area (Å²) in [4.78, 5) is 17.1. The van der Waals surface area contributed by atoms with Crippen LogP contribution in [0.1, 0.15) is 27.0 Å². The maximum absolute atomic E-state index is 12.8. The average molecular weight is 382 g/mol. The predicted octanol–water partition coefficient (Wildman–Crippen LogP) is 4.88. The largest absolute Gasteiger partial charge is 0.372 e. The second kappa shape index (κ2) is 9.13. The first-order chi connectivity index (χ1) is 14.3. The molecule has 0 aliphatic rings. The molecule has 4 rings (SSSR count). The fourth-order valence-corrected chi connectivity index (χ4v) is 3.30. The molecule has 0 atom stereocenters. The molecule has 1 N–H and O–H groups in total. The van der Waals surface area contributed by atoms with Gasteiger partial charge in [0.05, 0.1) is 18.7 Å². The highest BCUT2D eigenvalue weighted by atomic mass is 16.5. The van der Waals surface area contributed by atoms with E-state index in [2.05, 4.69) is 10.3 Å². The first-order valence-electron chi connectivity index (χ1n) is 9.61. The zero-order valence-corrected chi connectivity index (χ0v) is 16.0. The van der Waals surface area contributed by atoms with E-state index >= 15 is 0 Å². The van der Waals surface area contributed by atoms with E-state index < -0.39 is 0 Å². The number of amides is 1. The number of carbonyl (C=O) groups excluding carboxylic acids is 1. The Morgan fingerprint density at radius 2 is 1.59 bits per heavy atom. The van der Waals surface area contributed by atoms with Gasteiger partial charge in [-0.05, 0) is 34.9 Å². The number of ether oxygens (including phenoxy) is 1. The molecule has 144 valence electrons. The molecule has 0 unspecified atom stereocenters. The van der Waals surface area contributed by atoms with Gasteiger partial charge in [0.2, 0.25) is 0 Å². The molecule has 4 nitrogen and oxygen atoms in total. The third-order valence-electron chi connectivity index (χ3n) is 4.82. The molecular formula is C25H22N2O2. The molecule has 0 aliphatic carbocycles. The molecule has 0 saturated heterocycles. The van der Waals surface area contributed by atoms with Crippen molar-refractivity contribution in [2.24, 2.45) is 0 Å². The van der Waals surface area contributed by atoms with E-state index in [4.69, 9.17) is 4.74 Å². The topological polar surface area (TPSA) is 51.2 Å². The highest BCUT2D eigenvalue weighted by Crippen LogP contribution is 2.17. The summed E-state index contributed by atoms with van der Waals surface area (Å²) < 4.78 is 5.87. The second-order valence-corrected chi connectivity index (χ2v) is 6.81. The van der Waals surface area contributed by atoms with Gasteiger partial charge in [-0.1, -0.05) is 66.7 Å². The van der Waals surface area contributed by atoms with E-state index in [0.717, 1.165) is 27.6 Å². The summed E-state index contributed by atoms with van der Waals surface area (Å²) in [6.07, 6.45) is 1.73. The SMILES string of the molecule is O=C(NCc1ccccc1COCc1ccccc1)c1cccc2ncccc12. The van der Waals surface area contributed by atoms with Crippen molar-refractivity contribution in [2.75, 3.05) is 0 Å². The van der Waals surface area contributed by atoms with Crippen LogP contribution >= 0.6 is 0 Å². The Labute approximate surface area is 170 Å². The van der Waals surface area contributed by atoms with Crippen molar-refractivity contribution in [1.29, 1.82) is 0 Å². The minimum absolute atomic E-state index is 0.108. The number of hydrogen-bond donors (Lipinski definition) is 1. The quantitative estimate of drug-likeness (QED) is 0.495. The molecule has 29 heavy (non-hydrogen) atoms. The van der Waals surface area contributed by atoms with Gasteiger partial charge in [-0.25, -0.2) is 0 Å². The van der Waals surface area contributed by atoms with Crippen LogP contribution in [0.2, 0.25) is 0 Å². The fourth-order valence-electron chi connectivity index (χ4n) is 3.30. The van der Waals surface area contributed by atoms with Crippen LogP contribution in [-0.4, -0.2) is 10.9 Å². The van der Waals surface area contributed by atoms with Crippen molar-refractivity contribution in [3.8, 4) is 0 Å². The fraction of sp³-hybridized carbons (Fsp3) is 0.120. The first-order valence-corrected chi connectivity index (χ1v) is 9.61. The number of carbonyl (C=O) groups is 1. The van der Waals surface area contributed by atoms with Gasteiger partial charge >= 0.3 is 0 Å². The van der Waals surface area contributed by atoms with Crippen LogP contribution in [0.15, 0.2) is 91.1 Å². The Balaban J connectivity index is 1.41. The minimum atomic E-state index is -0.108. The first kappa shape index (κ1) is 18.8. The molecule has 3 aromatic carbocycles. The Kier molecular flexibility index (Phi) is 5.93. The Hall–Kier alpha value is -3.50. The summed E-state index contributed by atoms with van der Waals surface area (Å²) in [6, 6.07) is 27.5. The van der Waals surface area contributed by atoms with Crippen molar-refractivity contribution in [1.82, 2.24) is 10.3 Å². The van der Waals surface area contributed by atoms with E-state index in [1.54, 1.807) is 6.20 Å². The zero-order chi connectivity index (χ0) is 19.9. The summed E-state index contributed by atoms with van der Waals surface area (Å²) in [7, 11) is 0. The number of fused-ring (bicyclic) bond motifs is 1. The van der Waals surface area contributed by atoms with E-state index in [1.165, 1.54) is 0 Å². The molecular weight excluding hydrogens is 360 g/mol. The van der Waals surface area contributed by atoms with Crippen molar-refractivity contribution < 1.29 is 9.53 Å². The lowest BCUT2D eigenvalue weighted by molar-refractivity contribution is 0.0949. The summed E-state index contributed by atoms with van der Waals surface area (Å²) in [6.45, 7) is 1.50. The lowest BCUT2D eigenvalue weighted by Gasteiger charge is -2.12. The number of rotatable bonds is 7. The van der Waals surface area contributed by atoms with Gasteiger partial charge in [-0.2, -0.15) is 0 Å². The van der Waals surface area contributed by atoms with E-state index in [-0.39, 0.29) is 5.91 Å². The van der Waals surface area contributed by atoms with Gasteiger partial charge in [0.1, 0.15) is 0 Å². The monoisotopic (exact) mass is 382 g/mol. The summed E-state index contributed by atoms with van der Waals surface area (Å²) >= 11 is 0. The number of pyridine rings is 1. The molecule has 1 heterocycles. The Morgan fingerprint density at radius 3 is 2.45 bits per heavy atom. The van der Waals surface area contributed by atoms with Crippen LogP contribution in [-0.2, 0) is 24.5 Å². The molecule has 4 heteroatoms. The molecule has 4 aromatic rings. The zero-order valence-electron chi connectivity index (χ0n) is 16.0. The summed E-state index contributed by atoms with van der Waals surface area (Å²) in [5.41, 5.74) is 4.71. The summed E-state index contributed by atoms with van der Waals surface area (Å²) in [5, 5.41) is 3.89. The van der Waals surface area contributed by atoms with Crippen LogP contribution in [0, 0.1) is 0 Å². The molecule has 0 radical (unpaired) electrons. The van der Waals surface area contributed by atoms with Crippen molar-refractivity contribution in [3.05, 3.63) is 113 Å². The molecule has 0 saturated carbocycles. The summed E-state index contributed by atoms with van der Waals surface area (Å²) in [5.74, 6) is -0.108. The van der Waals surface area contributed by atoms with Gasteiger partial charge in [0.15, 0.2) is 0 Å². The van der Waals surface area contributed by atoms with Crippen molar-refractivity contribution >= 4 is 16.8 Å². The minimum Gasteiger partial charge on any atom is -0.372 e. The number of aromatic nitrogens is 1. The molecule has 0 aliphatic heterocycles. The van der Waals surface area contributed by atoms with E-state index in [9.17, 15) is 4.79 Å². The molecule has 0 spiro atoms. The lowest BCUT2D eigenvalue weighted by atomic mass is 10.1. The van der Waals surface area contributed by atoms with Crippen LogP contribution in [0.4, 0.5) is 0 Å².